The van der Waals surface area contributed by atoms with Crippen molar-refractivity contribution in [2.75, 3.05) is 6.61 Å². The second kappa shape index (κ2) is 3.57. The maximum atomic E-state index is 10.7. The molecule has 0 bridgehead atoms. The number of pyridine rings is 1. The molecule has 0 saturated carbocycles. The number of halogens is 1. The Morgan fingerprint density at radius 3 is 3.09 bits per heavy atom. The molecule has 3 nitrogen and oxygen atoms in total. The van der Waals surface area contributed by atoms with E-state index in [1.54, 1.807) is 6.07 Å². The van der Waals surface area contributed by atoms with Gasteiger partial charge in [0.15, 0.2) is 11.9 Å². The lowest BCUT2D eigenvalue weighted by atomic mass is 10.5. The van der Waals surface area contributed by atoms with Crippen LogP contribution in [0, 0.1) is 5.21 Å². The zero-order chi connectivity index (χ0) is 8.27. The smallest absolute Gasteiger partial charge is 0.223 e. The van der Waals surface area contributed by atoms with Crippen LogP contribution in [0.25, 0.3) is 0 Å². The molecule has 0 aliphatic heterocycles. The Hall–Kier alpha value is -0.770. The van der Waals surface area contributed by atoms with Crippen LogP contribution in [0.1, 0.15) is 6.92 Å². The highest BCUT2D eigenvalue weighted by molar-refractivity contribution is 9.10. The van der Waals surface area contributed by atoms with Gasteiger partial charge in [0, 0.05) is 6.07 Å². The molecule has 0 atom stereocenters. The lowest BCUT2D eigenvalue weighted by Gasteiger charge is -2.03. The van der Waals surface area contributed by atoms with Gasteiger partial charge in [-0.1, -0.05) is 0 Å². The Labute approximate surface area is 73.3 Å². The topological polar surface area (TPSA) is 36.2 Å². The van der Waals surface area contributed by atoms with E-state index in [2.05, 4.69) is 15.9 Å². The lowest BCUT2D eigenvalue weighted by Crippen LogP contribution is -2.24. The first-order chi connectivity index (χ1) is 5.24. The van der Waals surface area contributed by atoms with Crippen molar-refractivity contribution in [2.24, 2.45) is 0 Å². The molecule has 0 unspecified atom stereocenters. The minimum atomic E-state index is 0.558. The Morgan fingerprint density at radius 1 is 1.73 bits per heavy atom. The van der Waals surface area contributed by atoms with E-state index >= 15 is 0 Å². The van der Waals surface area contributed by atoms with Crippen LogP contribution in [0.4, 0.5) is 0 Å². The summed E-state index contributed by atoms with van der Waals surface area (Å²) in [6.45, 7) is 2.43. The van der Waals surface area contributed by atoms with Crippen molar-refractivity contribution in [3.8, 4) is 5.75 Å². The predicted molar refractivity (Wildman–Crippen MR) is 44.3 cm³/mol. The molecular weight excluding hydrogens is 210 g/mol. The number of hydrogen-bond acceptors (Lipinski definition) is 2. The summed E-state index contributed by atoms with van der Waals surface area (Å²) in [5.74, 6) is 0.574. The van der Waals surface area contributed by atoms with Crippen LogP contribution >= 0.6 is 15.9 Å². The summed E-state index contributed by atoms with van der Waals surface area (Å²) in [6, 6.07) is 1.65. The maximum Gasteiger partial charge on any atom is 0.223 e. The van der Waals surface area contributed by atoms with Gasteiger partial charge in [0.05, 0.1) is 11.1 Å². The minimum absolute atomic E-state index is 0.558. The summed E-state index contributed by atoms with van der Waals surface area (Å²) >= 11 is 3.25. The largest absolute Gasteiger partial charge is 0.619 e. The molecule has 1 rings (SSSR count). The van der Waals surface area contributed by atoms with Crippen LogP contribution in [0.2, 0.25) is 0 Å². The van der Waals surface area contributed by atoms with Crippen LogP contribution in [0.3, 0.4) is 0 Å². The summed E-state index contributed by atoms with van der Waals surface area (Å²) in [5, 5.41) is 10.7. The fourth-order valence-electron chi connectivity index (χ4n) is 0.703. The summed E-state index contributed by atoms with van der Waals surface area (Å²) in [6.07, 6.45) is 2.79. The molecule has 11 heavy (non-hydrogen) atoms. The Bertz CT molecular complexity index is 252. The normalized spacial score (nSPS) is 9.64. The van der Waals surface area contributed by atoms with Gasteiger partial charge in [0.25, 0.3) is 0 Å². The summed E-state index contributed by atoms with van der Waals surface area (Å²) in [7, 11) is 0. The Kier molecular flexibility index (Phi) is 2.70. The number of hydrogen-bond donors (Lipinski definition) is 0. The first-order valence-electron chi connectivity index (χ1n) is 3.25. The van der Waals surface area contributed by atoms with Crippen molar-refractivity contribution in [3.63, 3.8) is 0 Å². The van der Waals surface area contributed by atoms with E-state index < -0.39 is 0 Å². The zero-order valence-electron chi connectivity index (χ0n) is 6.08. The van der Waals surface area contributed by atoms with Gasteiger partial charge >= 0.3 is 0 Å². The maximum absolute atomic E-state index is 10.7. The molecule has 0 radical (unpaired) electrons. The van der Waals surface area contributed by atoms with Gasteiger partial charge < -0.3 is 9.94 Å². The first kappa shape index (κ1) is 8.33. The quantitative estimate of drug-likeness (QED) is 0.556. The third-order valence-electron chi connectivity index (χ3n) is 1.15. The van der Waals surface area contributed by atoms with Crippen LogP contribution in [-0.2, 0) is 0 Å². The van der Waals surface area contributed by atoms with Crippen molar-refractivity contribution in [3.05, 3.63) is 28.1 Å². The molecule has 60 valence electrons. The zero-order valence-corrected chi connectivity index (χ0v) is 7.67. The number of ether oxygens (including phenoxy) is 1. The third kappa shape index (κ3) is 2.08. The summed E-state index contributed by atoms with van der Waals surface area (Å²) < 4.78 is 6.65. The third-order valence-corrected chi connectivity index (χ3v) is 1.80. The monoisotopic (exact) mass is 217 g/mol. The number of nitrogens with zero attached hydrogens (tertiary/aromatic N) is 1. The molecule has 1 heterocycles. The van der Waals surface area contributed by atoms with Crippen LogP contribution in [0.5, 0.6) is 5.75 Å². The molecule has 1 aromatic rings. The highest BCUT2D eigenvalue weighted by Gasteiger charge is 2.03. The average molecular weight is 218 g/mol. The van der Waals surface area contributed by atoms with Gasteiger partial charge in [-0.15, -0.1) is 0 Å². The van der Waals surface area contributed by atoms with Crippen molar-refractivity contribution in [2.45, 2.75) is 6.92 Å². The Balaban J connectivity index is 2.93. The van der Waals surface area contributed by atoms with Gasteiger partial charge in [-0.05, 0) is 22.9 Å². The van der Waals surface area contributed by atoms with Gasteiger partial charge in [-0.25, -0.2) is 0 Å². The van der Waals surface area contributed by atoms with E-state index in [1.165, 1.54) is 12.4 Å². The second-order valence-electron chi connectivity index (χ2n) is 1.95. The second-order valence-corrected chi connectivity index (χ2v) is 2.80. The number of aromatic nitrogens is 1. The van der Waals surface area contributed by atoms with E-state index in [1.807, 2.05) is 6.92 Å². The van der Waals surface area contributed by atoms with E-state index in [-0.39, 0.29) is 0 Å². The van der Waals surface area contributed by atoms with E-state index in [0.29, 0.717) is 17.1 Å². The molecule has 0 aliphatic carbocycles. The van der Waals surface area contributed by atoms with Crippen molar-refractivity contribution in [1.29, 1.82) is 0 Å². The van der Waals surface area contributed by atoms with Gasteiger partial charge in [0.2, 0.25) is 6.20 Å². The Morgan fingerprint density at radius 2 is 2.45 bits per heavy atom. The van der Waals surface area contributed by atoms with Crippen molar-refractivity contribution < 1.29 is 9.47 Å². The molecule has 0 amide bonds. The molecule has 4 heteroatoms. The van der Waals surface area contributed by atoms with E-state index in [9.17, 15) is 5.21 Å². The van der Waals surface area contributed by atoms with E-state index in [4.69, 9.17) is 4.74 Å². The van der Waals surface area contributed by atoms with Crippen molar-refractivity contribution >= 4 is 15.9 Å². The fourth-order valence-corrected chi connectivity index (χ4v) is 1.04. The molecule has 0 aromatic carbocycles. The highest BCUT2D eigenvalue weighted by atomic mass is 79.9. The number of rotatable bonds is 2. The van der Waals surface area contributed by atoms with E-state index in [0.717, 1.165) is 4.47 Å². The molecular formula is C7H8BrNO2. The average Bonchev–Trinajstić information content (AvgIpc) is 1.98. The fraction of sp³-hybridized carbons (Fsp3) is 0.286. The minimum Gasteiger partial charge on any atom is -0.619 e. The summed E-state index contributed by atoms with van der Waals surface area (Å²) in [4.78, 5) is 0. The molecule has 1 aromatic heterocycles. The predicted octanol–water partition coefficient (Wildman–Crippen LogP) is 1.48. The molecule has 0 fully saturated rings. The SMILES string of the molecule is CCOc1c[n+]([O-])ccc1Br. The van der Waals surface area contributed by atoms with Crippen LogP contribution in [0.15, 0.2) is 22.9 Å². The van der Waals surface area contributed by atoms with Gasteiger partial charge in [-0.3, -0.25) is 0 Å². The molecule has 0 aliphatic rings. The molecule has 0 saturated heterocycles. The summed E-state index contributed by atoms with van der Waals surface area (Å²) in [5.41, 5.74) is 0. The molecule has 0 N–H and O–H groups in total. The standard InChI is InChI=1S/C7H8BrNO2/c1-2-11-7-5-9(10)4-3-6(7)8/h3-5H,2H2,1H3. The van der Waals surface area contributed by atoms with Gasteiger partial charge in [0.1, 0.15) is 0 Å². The van der Waals surface area contributed by atoms with Crippen LogP contribution < -0.4 is 9.47 Å². The van der Waals surface area contributed by atoms with Gasteiger partial charge in [-0.2, -0.15) is 4.73 Å². The first-order valence-corrected chi connectivity index (χ1v) is 4.04. The van der Waals surface area contributed by atoms with Crippen LogP contribution in [-0.4, -0.2) is 6.61 Å². The lowest BCUT2D eigenvalue weighted by molar-refractivity contribution is -0.605. The molecule has 0 spiro atoms. The van der Waals surface area contributed by atoms with Crippen molar-refractivity contribution in [1.82, 2.24) is 0 Å². The highest BCUT2D eigenvalue weighted by Crippen LogP contribution is 2.21.